The lowest BCUT2D eigenvalue weighted by molar-refractivity contribution is -0.285. The second-order valence-electron chi connectivity index (χ2n) is 28.0. The van der Waals surface area contributed by atoms with Crippen LogP contribution in [-0.2, 0) is 52.2 Å². The summed E-state index contributed by atoms with van der Waals surface area (Å²) in [5.74, 6) is 1.49. The average Bonchev–Trinajstić information content (AvgIpc) is 1.39. The van der Waals surface area contributed by atoms with Gasteiger partial charge < -0.3 is 71.5 Å². The van der Waals surface area contributed by atoms with Crippen LogP contribution >= 0.6 is 0 Å². The van der Waals surface area contributed by atoms with Crippen LogP contribution in [0.5, 0.6) is 0 Å². The second-order valence-corrected chi connectivity index (χ2v) is 28.0. The van der Waals surface area contributed by atoms with Crippen molar-refractivity contribution in [2.75, 3.05) is 13.2 Å². The molecule has 4 saturated heterocycles. The van der Waals surface area contributed by atoms with Crippen LogP contribution in [0, 0.1) is 45.3 Å². The van der Waals surface area contributed by atoms with E-state index in [1.54, 1.807) is 19.5 Å². The number of aliphatic hydroxyl groups is 3. The van der Waals surface area contributed by atoms with Crippen LogP contribution in [0.25, 0.3) is 0 Å². The summed E-state index contributed by atoms with van der Waals surface area (Å²) in [4.78, 5) is 35.9. The Labute approximate surface area is 492 Å². The van der Waals surface area contributed by atoms with Crippen LogP contribution in [0.15, 0.2) is 78.5 Å². The normalized spacial score (nSPS) is 49.0. The van der Waals surface area contributed by atoms with E-state index in [9.17, 15) is 29.7 Å². The molecule has 462 valence electrons. The minimum Gasteiger partial charge on any atom is -0.431 e. The van der Waals surface area contributed by atoms with Gasteiger partial charge in [0.1, 0.15) is 30.5 Å². The van der Waals surface area contributed by atoms with Crippen LogP contribution < -0.4 is 11.3 Å². The molecule has 4 aliphatic heterocycles. The molecule has 8 aliphatic carbocycles. The van der Waals surface area contributed by atoms with Crippen LogP contribution in [0.2, 0.25) is 0 Å². The Morgan fingerprint density at radius 3 is 1.50 bits per heavy atom. The number of ether oxygens (including phenoxy) is 10. The molecule has 0 spiro atoms. The summed E-state index contributed by atoms with van der Waals surface area (Å²) in [5, 5.41) is 35.7. The van der Waals surface area contributed by atoms with Gasteiger partial charge in [0.15, 0.2) is 24.5 Å². The summed E-state index contributed by atoms with van der Waals surface area (Å²) < 4.78 is 70.1. The van der Waals surface area contributed by atoms with Crippen molar-refractivity contribution in [1.29, 1.82) is 0 Å². The molecule has 6 heterocycles. The first kappa shape index (κ1) is 59.5. The maximum absolute atomic E-state index is 12.7. The molecular weight excluding hydrogens is 1080 g/mol. The van der Waals surface area contributed by atoms with E-state index in [0.717, 1.165) is 114 Å². The molecule has 18 nitrogen and oxygen atoms in total. The number of ketones is 1. The molecule has 0 amide bonds. The van der Waals surface area contributed by atoms with E-state index in [1.807, 2.05) is 32.9 Å². The van der Waals surface area contributed by atoms with Crippen LogP contribution in [0.3, 0.4) is 0 Å². The van der Waals surface area contributed by atoms with E-state index in [4.69, 9.17) is 56.2 Å². The molecule has 10 fully saturated rings. The molecule has 0 aromatic carbocycles. The number of fused-ring (bicyclic) bond motifs is 12. The standard InChI is InChI=1S/C33H46O9.C33H44O9/c2*1-5-37-30-41-27-26(35)18(2)39-29(28(27)42-30)40-21-10-13-31(3)20(16-21)7-8-24-23(31)11-14-32(4)22(12-15-33(24,32)36)19-6-9-25(34)38-17-19/h6,9,16-18,21-24,26-30,35-36H,5,7-8,10-15H2,1-4H3;6,9,16-18,21-24,27-30,36H,5,7-8,10-15H2,1-4H3/t18-,21-,22+,23?,24?,26+,27+,28+,29-,30?,31-,32+,33-;18-,21-,22+,23?,24?,27+,28+,29-,30?,31-,32+,33-/m00/s1. The van der Waals surface area contributed by atoms with Crippen molar-refractivity contribution in [2.24, 2.45) is 45.3 Å². The minimum atomic E-state index is -0.893. The first-order valence-electron chi connectivity index (χ1n) is 31.9. The van der Waals surface area contributed by atoms with E-state index >= 15 is 0 Å². The Morgan fingerprint density at radius 2 is 1.01 bits per heavy atom. The number of allylic oxidation sites excluding steroid dienone is 2. The van der Waals surface area contributed by atoms with Crippen molar-refractivity contribution in [3.8, 4) is 0 Å². The number of hydrogen-bond acceptors (Lipinski definition) is 18. The molecule has 14 rings (SSSR count). The van der Waals surface area contributed by atoms with Crippen LogP contribution in [0.4, 0.5) is 0 Å². The highest BCUT2D eigenvalue weighted by atomic mass is 16.9. The van der Waals surface area contributed by atoms with Crippen LogP contribution in [-0.4, -0.2) is 126 Å². The highest BCUT2D eigenvalue weighted by molar-refractivity contribution is 5.88. The lowest BCUT2D eigenvalue weighted by atomic mass is 9.45. The Bertz CT molecular complexity index is 2920. The number of carbonyl (C=O) groups is 1. The first-order valence-corrected chi connectivity index (χ1v) is 31.9. The Balaban J connectivity index is 0.000000157. The van der Waals surface area contributed by atoms with Gasteiger partial charge >= 0.3 is 11.3 Å². The van der Waals surface area contributed by atoms with Gasteiger partial charge in [0.2, 0.25) is 0 Å². The highest BCUT2D eigenvalue weighted by Crippen LogP contribution is 2.72. The largest absolute Gasteiger partial charge is 0.431 e. The summed E-state index contributed by atoms with van der Waals surface area (Å²) >= 11 is 0. The SMILES string of the molecule is CCOC1O[C@@H]2[C@H](O)[C@H](C)O[C@@H](O[C@@H]3C=C4CCC5C(CC[C@]6(C)[C@@H](c7ccc(=O)oc7)CC[C@]56O)[C@@]4(C)CC3)[C@@H]2O1.CCOC1O[C@H]2[C@H](O[C@@H]3C=C4CCC5C(CC[C@]6(C)[C@@H](c7ccc(=O)oc7)CC[C@]56O)[C@@]4(C)CC3)O[C@@H](C)C(=O)[C@H]2O1. The van der Waals surface area contributed by atoms with E-state index in [1.165, 1.54) is 23.3 Å². The summed E-state index contributed by atoms with van der Waals surface area (Å²) in [7, 11) is 0. The molecule has 25 atom stereocenters. The first-order chi connectivity index (χ1) is 40.1. The molecule has 2 aromatic heterocycles. The molecule has 0 bridgehead atoms. The fourth-order valence-corrected chi connectivity index (χ4v) is 19.8. The zero-order chi connectivity index (χ0) is 58.9. The lowest BCUT2D eigenvalue weighted by Gasteiger charge is -2.62. The van der Waals surface area contributed by atoms with Crippen molar-refractivity contribution in [3.63, 3.8) is 0 Å². The van der Waals surface area contributed by atoms with Crippen molar-refractivity contribution in [1.82, 2.24) is 0 Å². The van der Waals surface area contributed by atoms with Gasteiger partial charge in [-0.15, -0.1) is 0 Å². The number of aliphatic hydroxyl groups excluding tert-OH is 1. The average molecular weight is 1170 g/mol. The summed E-state index contributed by atoms with van der Waals surface area (Å²) in [6.45, 7) is 15.7. The summed E-state index contributed by atoms with van der Waals surface area (Å²) in [6, 6.07) is 6.79. The third kappa shape index (κ3) is 9.53. The third-order valence-corrected chi connectivity index (χ3v) is 24.4. The van der Waals surface area contributed by atoms with Gasteiger partial charge in [-0.3, -0.25) is 4.79 Å². The smallest absolute Gasteiger partial charge is 0.335 e. The topological polar surface area (TPSA) is 230 Å². The summed E-state index contributed by atoms with van der Waals surface area (Å²) in [6.07, 6.45) is 16.6. The molecule has 6 saturated carbocycles. The molecule has 3 N–H and O–H groups in total. The molecule has 84 heavy (non-hydrogen) atoms. The number of carbonyl (C=O) groups excluding carboxylic acids is 1. The van der Waals surface area contributed by atoms with Gasteiger partial charge in [0, 0.05) is 36.2 Å². The number of rotatable bonds is 10. The Morgan fingerprint density at radius 1 is 0.536 bits per heavy atom. The lowest BCUT2D eigenvalue weighted by Crippen LogP contribution is -2.60. The molecule has 2 aromatic rings. The highest BCUT2D eigenvalue weighted by Gasteiger charge is 2.69. The van der Waals surface area contributed by atoms with Gasteiger partial charge in [0.05, 0.1) is 42.0 Å². The van der Waals surface area contributed by atoms with E-state index in [-0.39, 0.29) is 74.6 Å². The second kappa shape index (κ2) is 22.2. The molecule has 6 unspecified atom stereocenters. The summed E-state index contributed by atoms with van der Waals surface area (Å²) in [5.41, 5.74) is 2.28. The van der Waals surface area contributed by atoms with Crippen molar-refractivity contribution in [2.45, 2.75) is 262 Å². The Kier molecular flexibility index (Phi) is 15.7. The maximum Gasteiger partial charge on any atom is 0.335 e. The van der Waals surface area contributed by atoms with E-state index in [2.05, 4.69) is 39.8 Å². The maximum atomic E-state index is 12.7. The Hall–Kier alpha value is -3.47. The van der Waals surface area contributed by atoms with Gasteiger partial charge in [-0.25, -0.2) is 9.59 Å². The molecule has 12 aliphatic rings. The monoisotopic (exact) mass is 1170 g/mol. The van der Waals surface area contributed by atoms with Crippen molar-refractivity contribution >= 4 is 5.78 Å². The fraction of sp³-hybridized carbons (Fsp3) is 0.773. The predicted molar refractivity (Wildman–Crippen MR) is 302 cm³/mol. The molecule has 18 heteroatoms. The van der Waals surface area contributed by atoms with Gasteiger partial charge in [0.25, 0.3) is 13.0 Å². The zero-order valence-corrected chi connectivity index (χ0v) is 50.3. The minimum absolute atomic E-state index is 0.00368. The van der Waals surface area contributed by atoms with Gasteiger partial charge in [-0.05, 0) is 200 Å². The molecule has 0 radical (unpaired) electrons. The van der Waals surface area contributed by atoms with Crippen molar-refractivity contribution < 1.29 is 76.3 Å². The predicted octanol–water partition coefficient (Wildman–Crippen LogP) is 9.00. The zero-order valence-electron chi connectivity index (χ0n) is 50.3. The third-order valence-electron chi connectivity index (χ3n) is 24.4. The van der Waals surface area contributed by atoms with Crippen LogP contribution in [0.1, 0.15) is 181 Å². The van der Waals surface area contributed by atoms with Crippen molar-refractivity contribution in [3.05, 3.63) is 92.1 Å². The molecular formula is C66H90O18. The quantitative estimate of drug-likeness (QED) is 0.188. The van der Waals surface area contributed by atoms with E-state index < -0.39 is 79.5 Å². The number of hydrogen-bond donors (Lipinski definition) is 3. The van der Waals surface area contributed by atoms with E-state index in [0.29, 0.717) is 25.0 Å². The van der Waals surface area contributed by atoms with Gasteiger partial charge in [-0.2, -0.15) is 0 Å². The number of Topliss-reactive ketones (excluding diaryl/α,β-unsaturated/α-hetero) is 1. The fourth-order valence-electron chi connectivity index (χ4n) is 19.8. The van der Waals surface area contributed by atoms with Gasteiger partial charge in [-0.1, -0.05) is 51.0 Å².